The number of rotatable bonds is 2. The van der Waals surface area contributed by atoms with Crippen molar-refractivity contribution in [2.75, 3.05) is 12.3 Å². The highest BCUT2D eigenvalue weighted by Gasteiger charge is 2.55. The second-order valence-electron chi connectivity index (χ2n) is 5.36. The van der Waals surface area contributed by atoms with Gasteiger partial charge in [0, 0.05) is 0 Å². The topological polar surface area (TPSA) is 198 Å². The van der Waals surface area contributed by atoms with Crippen molar-refractivity contribution in [3.05, 3.63) is 16.4 Å². The van der Waals surface area contributed by atoms with Gasteiger partial charge in [0.25, 0.3) is 0 Å². The number of aliphatic hydroxyl groups is 1. The first-order valence-electron chi connectivity index (χ1n) is 6.90. The molecule has 0 saturated carbocycles. The van der Waals surface area contributed by atoms with E-state index in [0.717, 1.165) is 10.9 Å². The molecular formula is C10H11N6O8P. The van der Waals surface area contributed by atoms with Gasteiger partial charge in [-0.15, -0.1) is 0 Å². The van der Waals surface area contributed by atoms with Crippen molar-refractivity contribution in [3.63, 3.8) is 0 Å². The van der Waals surface area contributed by atoms with Gasteiger partial charge >= 0.3 is 13.8 Å². The third-order valence-corrected chi connectivity index (χ3v) is 4.86. The van der Waals surface area contributed by atoms with Crippen molar-refractivity contribution in [2.45, 2.75) is 24.5 Å². The van der Waals surface area contributed by atoms with Gasteiger partial charge in [-0.05, 0) is 4.92 Å². The molecule has 134 valence electrons. The van der Waals surface area contributed by atoms with Crippen LogP contribution in [0.2, 0.25) is 0 Å². The third-order valence-electron chi connectivity index (χ3n) is 3.87. The zero-order valence-electron chi connectivity index (χ0n) is 12.2. The molecule has 0 spiro atoms. The van der Waals surface area contributed by atoms with Gasteiger partial charge < -0.3 is 30.6 Å². The van der Waals surface area contributed by atoms with Crippen LogP contribution in [-0.4, -0.2) is 59.4 Å². The van der Waals surface area contributed by atoms with Gasteiger partial charge in [-0.2, -0.15) is 4.57 Å². The van der Waals surface area contributed by atoms with Crippen molar-refractivity contribution in [1.29, 1.82) is 0 Å². The number of nitro groups is 1. The zero-order chi connectivity index (χ0) is 17.9. The summed E-state index contributed by atoms with van der Waals surface area (Å²) in [5, 5.41) is 21.8. The Kier molecular flexibility index (Phi) is 3.50. The maximum Gasteiger partial charge on any atom is 0.472 e. The monoisotopic (exact) mass is 374 g/mol. The number of nitrogens with zero attached hydrogens (tertiary/aromatic N) is 5. The third kappa shape index (κ3) is 2.47. The largest absolute Gasteiger partial charge is 0.472 e. The number of fused-ring (bicyclic) bond motifs is 2. The van der Waals surface area contributed by atoms with Crippen molar-refractivity contribution in [3.8, 4) is 0 Å². The van der Waals surface area contributed by atoms with E-state index >= 15 is 0 Å². The number of nitrogens with two attached hydrogens (primary N) is 1. The lowest BCUT2D eigenvalue weighted by atomic mass is 10.1. The minimum atomic E-state index is -4.33. The number of ether oxygens (including phenoxy) is 1. The predicted molar refractivity (Wildman–Crippen MR) is 77.0 cm³/mol. The summed E-state index contributed by atoms with van der Waals surface area (Å²) < 4.78 is 27.5. The van der Waals surface area contributed by atoms with E-state index in [1.807, 2.05) is 0 Å². The molecule has 4 heterocycles. The molecule has 0 aliphatic carbocycles. The van der Waals surface area contributed by atoms with E-state index in [1.165, 1.54) is 0 Å². The minimum absolute atomic E-state index is 0.0324. The van der Waals surface area contributed by atoms with Gasteiger partial charge in [-0.25, -0.2) is 14.5 Å². The Morgan fingerprint density at radius 1 is 1.48 bits per heavy atom. The molecule has 0 bridgehead atoms. The number of aliphatic hydroxyl groups excluding tert-OH is 1. The second kappa shape index (κ2) is 5.39. The van der Waals surface area contributed by atoms with Gasteiger partial charge in [0.1, 0.15) is 24.6 Å². The van der Waals surface area contributed by atoms with Gasteiger partial charge in [0.05, 0.1) is 6.61 Å². The summed E-state index contributed by atoms with van der Waals surface area (Å²) in [4.78, 5) is 31.3. The van der Waals surface area contributed by atoms with E-state index in [-0.39, 0.29) is 23.6 Å². The summed E-state index contributed by atoms with van der Waals surface area (Å²) in [7, 11) is -4.33. The van der Waals surface area contributed by atoms with Gasteiger partial charge in [0.2, 0.25) is 17.4 Å². The Morgan fingerprint density at radius 2 is 2.24 bits per heavy atom. The molecular weight excluding hydrogens is 363 g/mol. The van der Waals surface area contributed by atoms with Crippen LogP contribution in [0.5, 0.6) is 0 Å². The lowest BCUT2D eigenvalue weighted by molar-refractivity contribution is -0.398. The molecule has 2 fully saturated rings. The van der Waals surface area contributed by atoms with E-state index in [2.05, 4.69) is 19.5 Å². The lowest BCUT2D eigenvalue weighted by Crippen LogP contribution is -2.39. The number of nitrogen functional groups attached to an aromatic ring is 1. The molecule has 2 aromatic rings. The maximum atomic E-state index is 11.5. The number of phosphoric acid groups is 1. The molecule has 4 rings (SSSR count). The number of hydrogen-bond acceptors (Lipinski definition) is 11. The summed E-state index contributed by atoms with van der Waals surface area (Å²) in [5.41, 5.74) is 5.59. The molecule has 2 aromatic heterocycles. The standard InChI is InChI=1S/C10H11N6O8P/c11-7-4-8(13-2-12-7)15(10(14-4)16(18)19)9-5(17)6-3(23-9)1-22-25(20,21)24-6/h2-3,5-6,9,17H,1H2,(H,20,21)(H2,11,12,13)/t3-,5-,6-,9-/m1/s1. The van der Waals surface area contributed by atoms with Crippen LogP contribution in [0.4, 0.5) is 11.8 Å². The average molecular weight is 374 g/mol. The second-order valence-corrected chi connectivity index (χ2v) is 6.77. The highest BCUT2D eigenvalue weighted by molar-refractivity contribution is 7.47. The number of hydrogen-bond donors (Lipinski definition) is 3. The van der Waals surface area contributed by atoms with Gasteiger partial charge in [-0.1, -0.05) is 4.98 Å². The van der Waals surface area contributed by atoms with Crippen LogP contribution < -0.4 is 5.73 Å². The summed E-state index contributed by atoms with van der Waals surface area (Å²) in [6.07, 6.45) is -3.91. The fraction of sp³-hybridized carbons (Fsp3) is 0.500. The van der Waals surface area contributed by atoms with Crippen LogP contribution in [0, 0.1) is 10.1 Å². The SMILES string of the molecule is Nc1ncnc2c1nc([N+](=O)[O-])n2[C@@H]1O[C@@H]2COP(=O)(O)O[C@H]2[C@H]1O. The summed E-state index contributed by atoms with van der Waals surface area (Å²) in [6.45, 7) is -0.330. The molecule has 2 aliphatic heterocycles. The Balaban J connectivity index is 1.82. The van der Waals surface area contributed by atoms with E-state index in [1.54, 1.807) is 0 Å². The molecule has 0 radical (unpaired) electrons. The van der Waals surface area contributed by atoms with Crippen LogP contribution >= 0.6 is 7.82 Å². The van der Waals surface area contributed by atoms with Crippen LogP contribution in [0.25, 0.3) is 11.2 Å². The zero-order valence-corrected chi connectivity index (χ0v) is 13.1. The fourth-order valence-corrected chi connectivity index (χ4v) is 3.79. The molecule has 2 saturated heterocycles. The molecule has 0 amide bonds. The fourth-order valence-electron chi connectivity index (χ4n) is 2.83. The first-order chi connectivity index (χ1) is 11.8. The lowest BCUT2D eigenvalue weighted by Gasteiger charge is -2.27. The molecule has 14 nitrogen and oxygen atoms in total. The molecule has 5 atom stereocenters. The minimum Gasteiger partial charge on any atom is -0.390 e. The van der Waals surface area contributed by atoms with Gasteiger partial charge in [0.15, 0.2) is 5.82 Å². The Bertz CT molecular complexity index is 918. The van der Waals surface area contributed by atoms with Crippen molar-refractivity contribution < 1.29 is 33.3 Å². The van der Waals surface area contributed by atoms with E-state index in [4.69, 9.17) is 15.0 Å². The predicted octanol–water partition coefficient (Wildman–Crippen LogP) is -0.909. The number of anilines is 1. The highest BCUT2D eigenvalue weighted by atomic mass is 31.2. The molecule has 25 heavy (non-hydrogen) atoms. The van der Waals surface area contributed by atoms with E-state index in [9.17, 15) is 24.7 Å². The van der Waals surface area contributed by atoms with Gasteiger partial charge in [-0.3, -0.25) is 9.05 Å². The normalized spacial score (nSPS) is 35.0. The summed E-state index contributed by atoms with van der Waals surface area (Å²) in [5.74, 6) is -0.769. The van der Waals surface area contributed by atoms with Crippen molar-refractivity contribution in [2.24, 2.45) is 0 Å². The quantitative estimate of drug-likeness (QED) is 0.333. The van der Waals surface area contributed by atoms with Crippen LogP contribution in [-0.2, 0) is 18.3 Å². The Labute approximate surface area is 137 Å². The van der Waals surface area contributed by atoms with Crippen molar-refractivity contribution in [1.82, 2.24) is 19.5 Å². The van der Waals surface area contributed by atoms with Crippen molar-refractivity contribution >= 4 is 30.8 Å². The highest BCUT2D eigenvalue weighted by Crippen LogP contribution is 2.52. The van der Waals surface area contributed by atoms with Crippen LogP contribution in [0.15, 0.2) is 6.33 Å². The number of phosphoric ester groups is 1. The maximum absolute atomic E-state index is 11.5. The van der Waals surface area contributed by atoms with E-state index in [0.29, 0.717) is 0 Å². The molecule has 15 heteroatoms. The van der Waals surface area contributed by atoms with E-state index < -0.39 is 43.2 Å². The van der Waals surface area contributed by atoms with Crippen LogP contribution in [0.1, 0.15) is 6.23 Å². The number of aromatic nitrogens is 4. The van der Waals surface area contributed by atoms with Crippen LogP contribution in [0.3, 0.4) is 0 Å². The Morgan fingerprint density at radius 3 is 2.96 bits per heavy atom. The molecule has 2 aliphatic rings. The first kappa shape index (κ1) is 16.3. The smallest absolute Gasteiger partial charge is 0.390 e. The average Bonchev–Trinajstić information content (AvgIpc) is 3.06. The Hall–Kier alpha value is -2.22. The number of imidazole rings is 1. The molecule has 0 aromatic carbocycles. The molecule has 1 unspecified atom stereocenters. The molecule has 4 N–H and O–H groups in total. The first-order valence-corrected chi connectivity index (χ1v) is 8.40. The summed E-state index contributed by atoms with van der Waals surface area (Å²) >= 11 is 0. The summed E-state index contributed by atoms with van der Waals surface area (Å²) in [6, 6.07) is 0.